The molecule has 4 aliphatic rings. The van der Waals surface area contributed by atoms with Crippen LogP contribution >= 0.6 is 0 Å². The number of rotatable bonds is 2. The molecule has 0 heterocycles. The van der Waals surface area contributed by atoms with Crippen molar-refractivity contribution in [1.29, 1.82) is 0 Å². The maximum absolute atomic E-state index is 11.9. The molecule has 0 radical (unpaired) electrons. The standard InChI is InChI=1S/C15H18O2/c1-2-17-15(16)12-7-10-6-11(12)14-9-4-3-8(5-9)13(10)14/h2-4,8-14H,1,5-7H2. The first-order valence-electron chi connectivity index (χ1n) is 6.79. The van der Waals surface area contributed by atoms with Crippen molar-refractivity contribution in [2.45, 2.75) is 19.3 Å². The molecule has 2 nitrogen and oxygen atoms in total. The third-order valence-corrected chi connectivity index (χ3v) is 5.77. The van der Waals surface area contributed by atoms with Gasteiger partial charge in [0.15, 0.2) is 0 Å². The van der Waals surface area contributed by atoms with Gasteiger partial charge in [-0.25, -0.2) is 0 Å². The predicted octanol–water partition coefficient (Wildman–Crippen LogP) is 2.77. The van der Waals surface area contributed by atoms with Crippen LogP contribution < -0.4 is 0 Å². The number of carbonyl (C=O) groups is 1. The molecule has 0 spiro atoms. The van der Waals surface area contributed by atoms with Crippen molar-refractivity contribution in [2.24, 2.45) is 41.4 Å². The summed E-state index contributed by atoms with van der Waals surface area (Å²) < 4.78 is 5.01. The number of fused-ring (bicyclic) bond motifs is 9. The zero-order valence-corrected chi connectivity index (χ0v) is 9.92. The predicted molar refractivity (Wildman–Crippen MR) is 63.7 cm³/mol. The van der Waals surface area contributed by atoms with E-state index in [1.54, 1.807) is 0 Å². The van der Waals surface area contributed by atoms with E-state index in [1.165, 1.54) is 19.1 Å². The van der Waals surface area contributed by atoms with Gasteiger partial charge in [-0.15, -0.1) is 0 Å². The Bertz CT molecular complexity index is 411. The molecule has 7 unspecified atom stereocenters. The van der Waals surface area contributed by atoms with E-state index < -0.39 is 0 Å². The second kappa shape index (κ2) is 3.24. The summed E-state index contributed by atoms with van der Waals surface area (Å²) in [6, 6.07) is 0. The Morgan fingerprint density at radius 3 is 2.71 bits per heavy atom. The molecule has 0 N–H and O–H groups in total. The summed E-state index contributed by atoms with van der Waals surface area (Å²) in [7, 11) is 0. The fourth-order valence-electron chi connectivity index (χ4n) is 5.46. The minimum Gasteiger partial charge on any atom is -0.435 e. The SMILES string of the molecule is C=COC(=O)C1CC2CC1C1C3C=CC(C3)C21. The highest BCUT2D eigenvalue weighted by Gasteiger charge is 2.62. The lowest BCUT2D eigenvalue weighted by Gasteiger charge is -2.35. The van der Waals surface area contributed by atoms with E-state index in [2.05, 4.69) is 18.7 Å². The summed E-state index contributed by atoms with van der Waals surface area (Å²) in [4.78, 5) is 11.9. The molecule has 0 saturated heterocycles. The van der Waals surface area contributed by atoms with Crippen molar-refractivity contribution in [3.05, 3.63) is 25.0 Å². The smallest absolute Gasteiger partial charge is 0.314 e. The van der Waals surface area contributed by atoms with Crippen LogP contribution in [0.4, 0.5) is 0 Å². The number of ether oxygens (including phenoxy) is 1. The summed E-state index contributed by atoms with van der Waals surface area (Å²) in [6.45, 7) is 3.48. The third kappa shape index (κ3) is 1.14. The largest absolute Gasteiger partial charge is 0.435 e. The van der Waals surface area contributed by atoms with E-state index in [0.717, 1.165) is 36.0 Å². The van der Waals surface area contributed by atoms with Crippen LogP contribution in [0.3, 0.4) is 0 Å². The van der Waals surface area contributed by atoms with Crippen molar-refractivity contribution in [2.75, 3.05) is 0 Å². The van der Waals surface area contributed by atoms with E-state index in [4.69, 9.17) is 4.74 Å². The maximum atomic E-state index is 11.9. The Balaban J connectivity index is 1.61. The van der Waals surface area contributed by atoms with Crippen molar-refractivity contribution in [3.63, 3.8) is 0 Å². The van der Waals surface area contributed by atoms with Gasteiger partial charge in [-0.2, -0.15) is 0 Å². The number of esters is 1. The molecule has 0 aromatic rings. The number of hydrogen-bond donors (Lipinski definition) is 0. The average molecular weight is 230 g/mol. The average Bonchev–Trinajstić information content (AvgIpc) is 3.07. The van der Waals surface area contributed by atoms with Gasteiger partial charge in [0, 0.05) is 0 Å². The number of carbonyl (C=O) groups excluding carboxylic acids is 1. The fraction of sp³-hybridized carbons (Fsp3) is 0.667. The summed E-state index contributed by atoms with van der Waals surface area (Å²) in [5, 5.41) is 0. The Kier molecular flexibility index (Phi) is 1.89. The van der Waals surface area contributed by atoms with Crippen LogP contribution in [-0.4, -0.2) is 5.97 Å². The minimum atomic E-state index is -0.0299. The molecule has 3 saturated carbocycles. The molecule has 90 valence electrons. The van der Waals surface area contributed by atoms with Crippen LogP contribution in [0.5, 0.6) is 0 Å². The van der Waals surface area contributed by atoms with E-state index in [-0.39, 0.29) is 11.9 Å². The van der Waals surface area contributed by atoms with Crippen LogP contribution in [-0.2, 0) is 9.53 Å². The van der Waals surface area contributed by atoms with Crippen LogP contribution in [0.2, 0.25) is 0 Å². The fourth-order valence-corrected chi connectivity index (χ4v) is 5.46. The summed E-state index contributed by atoms with van der Waals surface area (Å²) in [5.41, 5.74) is 0. The first-order valence-corrected chi connectivity index (χ1v) is 6.79. The maximum Gasteiger partial charge on any atom is 0.314 e. The summed E-state index contributed by atoms with van der Waals surface area (Å²) in [5.74, 6) is 4.78. The highest BCUT2D eigenvalue weighted by molar-refractivity contribution is 5.74. The zero-order valence-electron chi connectivity index (χ0n) is 9.92. The van der Waals surface area contributed by atoms with E-state index in [0.29, 0.717) is 5.92 Å². The molecule has 7 atom stereocenters. The summed E-state index contributed by atoms with van der Waals surface area (Å²) in [6.07, 6.45) is 9.81. The van der Waals surface area contributed by atoms with Crippen LogP contribution in [0.1, 0.15) is 19.3 Å². The molecule has 17 heavy (non-hydrogen) atoms. The van der Waals surface area contributed by atoms with Gasteiger partial charge in [-0.1, -0.05) is 18.7 Å². The van der Waals surface area contributed by atoms with Crippen molar-refractivity contribution >= 4 is 5.97 Å². The summed E-state index contributed by atoms with van der Waals surface area (Å²) >= 11 is 0. The molecule has 4 bridgehead atoms. The van der Waals surface area contributed by atoms with E-state index in [1.807, 2.05) is 0 Å². The minimum absolute atomic E-state index is 0.0299. The second-order valence-corrected chi connectivity index (χ2v) is 6.21. The topological polar surface area (TPSA) is 26.3 Å². The molecular weight excluding hydrogens is 212 g/mol. The molecule has 0 aliphatic heterocycles. The number of allylic oxidation sites excluding steroid dienone is 2. The Morgan fingerprint density at radius 1 is 1.18 bits per heavy atom. The normalized spacial score (nSPS) is 52.8. The molecule has 3 fully saturated rings. The lowest BCUT2D eigenvalue weighted by Crippen LogP contribution is -2.34. The molecular formula is C15H18O2. The van der Waals surface area contributed by atoms with Crippen molar-refractivity contribution in [3.8, 4) is 0 Å². The first-order chi connectivity index (χ1) is 8.29. The molecule has 4 rings (SSSR count). The Labute approximate surface area is 102 Å². The van der Waals surface area contributed by atoms with Crippen LogP contribution in [0, 0.1) is 41.4 Å². The van der Waals surface area contributed by atoms with Crippen LogP contribution in [0.25, 0.3) is 0 Å². The third-order valence-electron chi connectivity index (χ3n) is 5.77. The van der Waals surface area contributed by atoms with Gasteiger partial charge in [0.05, 0.1) is 12.2 Å². The van der Waals surface area contributed by atoms with Crippen molar-refractivity contribution < 1.29 is 9.53 Å². The lowest BCUT2D eigenvalue weighted by molar-refractivity contribution is -0.145. The van der Waals surface area contributed by atoms with Gasteiger partial charge < -0.3 is 4.74 Å². The lowest BCUT2D eigenvalue weighted by atomic mass is 9.69. The monoisotopic (exact) mass is 230 g/mol. The zero-order chi connectivity index (χ0) is 11.6. The van der Waals surface area contributed by atoms with Gasteiger partial charge in [-0.05, 0) is 54.8 Å². The molecule has 0 aromatic heterocycles. The van der Waals surface area contributed by atoms with Crippen molar-refractivity contribution in [1.82, 2.24) is 0 Å². The quantitative estimate of drug-likeness (QED) is 0.315. The highest BCUT2D eigenvalue weighted by Crippen LogP contribution is 2.67. The van der Waals surface area contributed by atoms with E-state index in [9.17, 15) is 4.79 Å². The molecule has 2 heteroatoms. The van der Waals surface area contributed by atoms with E-state index >= 15 is 0 Å². The second-order valence-electron chi connectivity index (χ2n) is 6.21. The number of hydrogen-bond acceptors (Lipinski definition) is 2. The molecule has 0 amide bonds. The van der Waals surface area contributed by atoms with Gasteiger partial charge in [0.2, 0.25) is 0 Å². The molecule has 0 aromatic carbocycles. The first kappa shape index (κ1) is 9.93. The van der Waals surface area contributed by atoms with Gasteiger partial charge in [-0.3, -0.25) is 4.79 Å². The van der Waals surface area contributed by atoms with Gasteiger partial charge >= 0.3 is 5.97 Å². The Morgan fingerprint density at radius 2 is 1.94 bits per heavy atom. The van der Waals surface area contributed by atoms with Crippen LogP contribution in [0.15, 0.2) is 25.0 Å². The van der Waals surface area contributed by atoms with Gasteiger partial charge in [0.1, 0.15) is 0 Å². The highest BCUT2D eigenvalue weighted by atomic mass is 16.5. The Hall–Kier alpha value is -1.05. The molecule has 4 aliphatic carbocycles. The van der Waals surface area contributed by atoms with Gasteiger partial charge in [0.25, 0.3) is 0 Å².